The Morgan fingerprint density at radius 3 is 2.41 bits per heavy atom. The predicted octanol–water partition coefficient (Wildman–Crippen LogP) is 3.16. The van der Waals surface area contributed by atoms with Gasteiger partial charge in [0, 0.05) is 24.1 Å². The quantitative estimate of drug-likeness (QED) is 0.595. The summed E-state index contributed by atoms with van der Waals surface area (Å²) in [7, 11) is -3.62. The lowest BCUT2D eigenvalue weighted by molar-refractivity contribution is 0.0943. The van der Waals surface area contributed by atoms with Crippen LogP contribution < -0.4 is 19.5 Å². The highest BCUT2D eigenvalue weighted by atomic mass is 32.2. The van der Waals surface area contributed by atoms with Crippen LogP contribution in [0.25, 0.3) is 0 Å². The first-order valence-corrected chi connectivity index (χ1v) is 12.3. The Hall–Kier alpha value is -2.84. The molecule has 8 heteroatoms. The summed E-state index contributed by atoms with van der Waals surface area (Å²) in [6.07, 6.45) is 5.65. The van der Waals surface area contributed by atoms with Crippen LogP contribution in [0.2, 0.25) is 0 Å². The minimum absolute atomic E-state index is 0.111. The molecular formula is C24H28N2O5S. The van der Waals surface area contributed by atoms with Gasteiger partial charge in [0.25, 0.3) is 5.91 Å². The van der Waals surface area contributed by atoms with Crippen molar-refractivity contribution in [3.05, 3.63) is 66.2 Å². The van der Waals surface area contributed by atoms with E-state index < -0.39 is 10.0 Å². The number of nitrogens with one attached hydrogen (secondary N) is 2. The monoisotopic (exact) mass is 456 g/mol. The van der Waals surface area contributed by atoms with Crippen molar-refractivity contribution < 1.29 is 22.7 Å². The summed E-state index contributed by atoms with van der Waals surface area (Å²) in [5.41, 5.74) is 1.42. The molecule has 2 N–H and O–H groups in total. The molecule has 0 aromatic heterocycles. The summed E-state index contributed by atoms with van der Waals surface area (Å²) in [5, 5.41) is 3.06. The topological polar surface area (TPSA) is 93.7 Å². The number of fused-ring (bicyclic) bond motifs is 1. The standard InChI is InChI=1S/C24H28N2O5S/c1-2-13-26-32(28,29)20-8-5-18(6-9-20)23(27)25-17-24(11-3-4-12-24)19-7-10-21-22(16-19)31-15-14-30-21/h2,5-10,16,26H,1,3-4,11-15,17H2,(H,25,27). The first kappa shape index (κ1) is 22.4. The Balaban J connectivity index is 1.46. The number of carbonyl (C=O) groups excluding carboxylic acids is 1. The lowest BCUT2D eigenvalue weighted by atomic mass is 9.78. The Morgan fingerprint density at radius 1 is 1.03 bits per heavy atom. The lowest BCUT2D eigenvalue weighted by Crippen LogP contribution is -2.39. The van der Waals surface area contributed by atoms with Crippen molar-refractivity contribution in [1.29, 1.82) is 0 Å². The van der Waals surface area contributed by atoms with Gasteiger partial charge >= 0.3 is 0 Å². The Labute approximate surface area is 188 Å². The van der Waals surface area contributed by atoms with Gasteiger partial charge in [-0.05, 0) is 54.8 Å². The van der Waals surface area contributed by atoms with Crippen LogP contribution in [0.3, 0.4) is 0 Å². The molecule has 0 radical (unpaired) electrons. The number of hydrogen-bond acceptors (Lipinski definition) is 5. The van der Waals surface area contributed by atoms with Crippen LogP contribution in [0, 0.1) is 0 Å². The van der Waals surface area contributed by atoms with E-state index in [2.05, 4.69) is 22.7 Å². The van der Waals surface area contributed by atoms with Crippen LogP contribution in [-0.4, -0.2) is 40.6 Å². The van der Waals surface area contributed by atoms with Crippen LogP contribution in [0.4, 0.5) is 0 Å². The van der Waals surface area contributed by atoms with E-state index in [9.17, 15) is 13.2 Å². The highest BCUT2D eigenvalue weighted by molar-refractivity contribution is 7.89. The summed E-state index contributed by atoms with van der Waals surface area (Å²) < 4.78 is 38.2. The van der Waals surface area contributed by atoms with Crippen LogP contribution >= 0.6 is 0 Å². The van der Waals surface area contributed by atoms with E-state index in [0.717, 1.165) is 42.7 Å². The van der Waals surface area contributed by atoms with Crippen LogP contribution in [0.15, 0.2) is 60.0 Å². The number of hydrogen-bond donors (Lipinski definition) is 2. The molecule has 1 aliphatic heterocycles. The molecule has 1 amide bonds. The molecule has 1 saturated carbocycles. The summed E-state index contributed by atoms with van der Waals surface area (Å²) in [4.78, 5) is 12.9. The number of ether oxygens (including phenoxy) is 2. The van der Waals surface area contributed by atoms with Gasteiger partial charge in [0.2, 0.25) is 10.0 Å². The van der Waals surface area contributed by atoms with E-state index in [0.29, 0.717) is 25.3 Å². The molecule has 7 nitrogen and oxygen atoms in total. The second kappa shape index (κ2) is 9.34. The molecule has 170 valence electrons. The third-order valence-corrected chi connectivity index (χ3v) is 7.59. The largest absolute Gasteiger partial charge is 0.486 e. The minimum atomic E-state index is -3.62. The second-order valence-corrected chi connectivity index (χ2v) is 9.96. The molecule has 2 aromatic carbocycles. The van der Waals surface area contributed by atoms with Gasteiger partial charge in [0.05, 0.1) is 4.90 Å². The fourth-order valence-corrected chi connectivity index (χ4v) is 5.38. The smallest absolute Gasteiger partial charge is 0.251 e. The zero-order chi connectivity index (χ0) is 22.6. The molecule has 0 unspecified atom stereocenters. The molecule has 0 bridgehead atoms. The first-order valence-electron chi connectivity index (χ1n) is 10.8. The Kier molecular flexibility index (Phi) is 6.53. The van der Waals surface area contributed by atoms with Gasteiger partial charge in [0.1, 0.15) is 13.2 Å². The van der Waals surface area contributed by atoms with Crippen molar-refractivity contribution in [1.82, 2.24) is 10.0 Å². The van der Waals surface area contributed by atoms with Crippen molar-refractivity contribution in [3.63, 3.8) is 0 Å². The van der Waals surface area contributed by atoms with Crippen LogP contribution in [0.1, 0.15) is 41.6 Å². The van der Waals surface area contributed by atoms with Crippen LogP contribution in [-0.2, 0) is 15.4 Å². The van der Waals surface area contributed by atoms with Crippen molar-refractivity contribution in [2.45, 2.75) is 36.0 Å². The maximum atomic E-state index is 12.8. The van der Waals surface area contributed by atoms with E-state index in [1.165, 1.54) is 30.3 Å². The molecule has 2 aliphatic rings. The molecule has 1 heterocycles. The number of carbonyl (C=O) groups is 1. The third-order valence-electron chi connectivity index (χ3n) is 6.15. The second-order valence-electron chi connectivity index (χ2n) is 8.19. The fourth-order valence-electron chi connectivity index (χ4n) is 4.38. The highest BCUT2D eigenvalue weighted by Crippen LogP contribution is 2.43. The van der Waals surface area contributed by atoms with Gasteiger partial charge in [-0.2, -0.15) is 0 Å². The molecule has 2 aromatic rings. The third kappa shape index (κ3) is 4.66. The van der Waals surface area contributed by atoms with Crippen molar-refractivity contribution in [2.75, 3.05) is 26.3 Å². The number of amides is 1. The Bertz CT molecular complexity index is 1090. The fraction of sp³-hybridized carbons (Fsp3) is 0.375. The average molecular weight is 457 g/mol. The van der Waals surface area contributed by atoms with Crippen LogP contribution in [0.5, 0.6) is 11.5 Å². The zero-order valence-corrected chi connectivity index (χ0v) is 18.7. The number of sulfonamides is 1. The summed E-state index contributed by atoms with van der Waals surface area (Å²) >= 11 is 0. The van der Waals surface area contributed by atoms with E-state index >= 15 is 0 Å². The normalized spacial score (nSPS) is 17.0. The van der Waals surface area contributed by atoms with Gasteiger partial charge in [-0.1, -0.05) is 25.0 Å². The number of benzene rings is 2. The summed E-state index contributed by atoms with van der Waals surface area (Å²) in [5.74, 6) is 1.29. The highest BCUT2D eigenvalue weighted by Gasteiger charge is 2.37. The molecule has 4 rings (SSSR count). The van der Waals surface area contributed by atoms with Crippen molar-refractivity contribution in [3.8, 4) is 11.5 Å². The molecular weight excluding hydrogens is 428 g/mol. The zero-order valence-electron chi connectivity index (χ0n) is 17.9. The molecule has 1 aliphatic carbocycles. The van der Waals surface area contributed by atoms with Gasteiger partial charge < -0.3 is 14.8 Å². The van der Waals surface area contributed by atoms with E-state index in [1.807, 2.05) is 12.1 Å². The van der Waals surface area contributed by atoms with E-state index in [1.54, 1.807) is 0 Å². The molecule has 0 atom stereocenters. The molecule has 32 heavy (non-hydrogen) atoms. The first-order chi connectivity index (χ1) is 15.4. The maximum Gasteiger partial charge on any atom is 0.251 e. The predicted molar refractivity (Wildman–Crippen MR) is 122 cm³/mol. The summed E-state index contributed by atoms with van der Waals surface area (Å²) in [6.45, 7) is 5.25. The van der Waals surface area contributed by atoms with Gasteiger partial charge in [-0.25, -0.2) is 13.1 Å². The minimum Gasteiger partial charge on any atom is -0.486 e. The van der Waals surface area contributed by atoms with E-state index in [-0.39, 0.29) is 22.8 Å². The number of rotatable bonds is 8. The SMILES string of the molecule is C=CCNS(=O)(=O)c1ccc(C(=O)NCC2(c3ccc4c(c3)OCCO4)CCCC2)cc1. The van der Waals surface area contributed by atoms with Gasteiger partial charge in [-0.15, -0.1) is 6.58 Å². The average Bonchev–Trinajstić information content (AvgIpc) is 3.31. The molecule has 0 saturated heterocycles. The molecule has 1 fully saturated rings. The van der Waals surface area contributed by atoms with Crippen molar-refractivity contribution in [2.24, 2.45) is 0 Å². The Morgan fingerprint density at radius 2 is 1.72 bits per heavy atom. The summed E-state index contributed by atoms with van der Waals surface area (Å²) in [6, 6.07) is 12.0. The van der Waals surface area contributed by atoms with Gasteiger partial charge in [0.15, 0.2) is 11.5 Å². The van der Waals surface area contributed by atoms with E-state index in [4.69, 9.17) is 9.47 Å². The lowest BCUT2D eigenvalue weighted by Gasteiger charge is -2.31. The maximum absolute atomic E-state index is 12.8. The molecule has 0 spiro atoms. The van der Waals surface area contributed by atoms with Gasteiger partial charge in [-0.3, -0.25) is 4.79 Å². The van der Waals surface area contributed by atoms with Crippen molar-refractivity contribution >= 4 is 15.9 Å².